The van der Waals surface area contributed by atoms with Gasteiger partial charge < -0.3 is 0 Å². The number of carbonyl (C=O) groups excluding carboxylic acids is 3. The van der Waals surface area contributed by atoms with Crippen LogP contribution in [0.5, 0.6) is 0 Å². The number of imide groups is 1. The number of nitro groups is 1. The standard InChI is InChI=1S/C25H20ClN3O5/c26-13-4-3-5-14(10-13)27(23(30)17-6-1-2-7-20(17)29(33)34)12-28-24(31)21-15-8-9-16(19-11-18(15)19)22(21)25(28)32/h1-10,15-16,18-19,21-22H,11-12H2. The third-order valence-corrected chi connectivity index (χ3v) is 7.97. The molecule has 0 spiro atoms. The highest BCUT2D eigenvalue weighted by molar-refractivity contribution is 6.31. The summed E-state index contributed by atoms with van der Waals surface area (Å²) in [6.07, 6.45) is 5.23. The second-order valence-electron chi connectivity index (χ2n) is 9.39. The quantitative estimate of drug-likeness (QED) is 0.281. The maximum atomic E-state index is 13.6. The molecule has 6 atom stereocenters. The Hall–Kier alpha value is -3.52. The lowest BCUT2D eigenvalue weighted by Crippen LogP contribution is -2.45. The molecule has 2 bridgehead atoms. The van der Waals surface area contributed by atoms with Gasteiger partial charge in [-0.15, -0.1) is 0 Å². The van der Waals surface area contributed by atoms with Crippen LogP contribution in [0.1, 0.15) is 16.8 Å². The minimum Gasteiger partial charge on any atom is -0.289 e. The van der Waals surface area contributed by atoms with E-state index in [1.807, 2.05) is 0 Å². The number of allylic oxidation sites excluding steroid dienone is 2. The van der Waals surface area contributed by atoms with E-state index in [1.165, 1.54) is 35.2 Å². The van der Waals surface area contributed by atoms with Crippen LogP contribution in [0.2, 0.25) is 5.02 Å². The fraction of sp³-hybridized carbons (Fsp3) is 0.320. The summed E-state index contributed by atoms with van der Waals surface area (Å²) in [5.74, 6) is -0.976. The number of amides is 3. The Morgan fingerprint density at radius 1 is 1.03 bits per heavy atom. The van der Waals surface area contributed by atoms with E-state index in [4.69, 9.17) is 11.6 Å². The summed E-state index contributed by atoms with van der Waals surface area (Å²) in [5.41, 5.74) is -0.142. The number of para-hydroxylation sites is 1. The number of hydrogen-bond donors (Lipinski definition) is 0. The Balaban J connectivity index is 1.37. The van der Waals surface area contributed by atoms with Gasteiger partial charge in [0, 0.05) is 16.8 Å². The summed E-state index contributed by atoms with van der Waals surface area (Å²) < 4.78 is 0. The molecule has 4 aliphatic carbocycles. The fourth-order valence-corrected chi connectivity index (χ4v) is 6.35. The van der Waals surface area contributed by atoms with Gasteiger partial charge in [-0.1, -0.05) is 42.0 Å². The van der Waals surface area contributed by atoms with Gasteiger partial charge >= 0.3 is 0 Å². The SMILES string of the molecule is O=C1C2C3C=CC(C4CC34)C2C(=O)N1CN(C(=O)c1ccccc1[N+](=O)[O-])c1cccc(Cl)c1. The maximum absolute atomic E-state index is 13.6. The van der Waals surface area contributed by atoms with Crippen LogP contribution < -0.4 is 4.90 Å². The van der Waals surface area contributed by atoms with Gasteiger partial charge in [-0.2, -0.15) is 0 Å². The molecule has 0 aromatic heterocycles. The first-order chi connectivity index (χ1) is 16.4. The molecule has 0 radical (unpaired) electrons. The minimum absolute atomic E-state index is 0.0620. The lowest BCUT2D eigenvalue weighted by atomic mass is 9.63. The summed E-state index contributed by atoms with van der Waals surface area (Å²) in [7, 11) is 0. The molecule has 7 rings (SSSR count). The number of halogens is 1. The summed E-state index contributed by atoms with van der Waals surface area (Å²) in [5, 5.41) is 11.9. The number of carbonyl (C=O) groups is 3. The third-order valence-electron chi connectivity index (χ3n) is 7.73. The molecule has 9 heteroatoms. The van der Waals surface area contributed by atoms with Crippen molar-refractivity contribution in [3.8, 4) is 0 Å². The Bertz CT molecular complexity index is 1260. The number of hydrogen-bond acceptors (Lipinski definition) is 5. The molecule has 6 unspecified atom stereocenters. The molecule has 5 aliphatic rings. The average molecular weight is 478 g/mol. The summed E-state index contributed by atoms with van der Waals surface area (Å²) >= 11 is 6.16. The van der Waals surface area contributed by atoms with E-state index in [1.54, 1.807) is 18.2 Å². The van der Waals surface area contributed by atoms with Crippen LogP contribution in [-0.4, -0.2) is 34.2 Å². The second-order valence-corrected chi connectivity index (χ2v) is 9.82. The Morgan fingerprint density at radius 3 is 2.29 bits per heavy atom. The van der Waals surface area contributed by atoms with E-state index in [0.29, 0.717) is 22.5 Å². The minimum atomic E-state index is -0.686. The first kappa shape index (κ1) is 21.0. The number of nitrogens with zero attached hydrogens (tertiary/aromatic N) is 3. The van der Waals surface area contributed by atoms with Gasteiger partial charge in [0.25, 0.3) is 11.6 Å². The molecule has 2 aromatic rings. The number of likely N-dealkylation sites (tertiary alicyclic amines) is 1. The maximum Gasteiger partial charge on any atom is 0.282 e. The van der Waals surface area contributed by atoms with Crippen LogP contribution in [0.3, 0.4) is 0 Å². The van der Waals surface area contributed by atoms with Gasteiger partial charge in [-0.3, -0.25) is 34.3 Å². The molecule has 1 saturated heterocycles. The van der Waals surface area contributed by atoms with Gasteiger partial charge in [0.2, 0.25) is 11.8 Å². The van der Waals surface area contributed by atoms with Crippen molar-refractivity contribution in [2.75, 3.05) is 11.6 Å². The van der Waals surface area contributed by atoms with Crippen molar-refractivity contribution in [2.45, 2.75) is 6.42 Å². The highest BCUT2D eigenvalue weighted by Crippen LogP contribution is 2.65. The molecule has 2 aromatic carbocycles. The number of benzene rings is 2. The van der Waals surface area contributed by atoms with E-state index in [2.05, 4.69) is 12.2 Å². The van der Waals surface area contributed by atoms with Crippen LogP contribution in [0.25, 0.3) is 0 Å². The smallest absolute Gasteiger partial charge is 0.282 e. The molecular formula is C25H20ClN3O5. The molecule has 2 saturated carbocycles. The van der Waals surface area contributed by atoms with Gasteiger partial charge in [-0.25, -0.2) is 0 Å². The molecule has 8 nitrogen and oxygen atoms in total. The van der Waals surface area contributed by atoms with Gasteiger partial charge in [0.1, 0.15) is 12.2 Å². The Morgan fingerprint density at radius 2 is 1.68 bits per heavy atom. The molecule has 3 fully saturated rings. The average Bonchev–Trinajstić information content (AvgIpc) is 3.62. The van der Waals surface area contributed by atoms with Crippen LogP contribution >= 0.6 is 11.6 Å². The van der Waals surface area contributed by atoms with Crippen molar-refractivity contribution in [3.63, 3.8) is 0 Å². The van der Waals surface area contributed by atoms with E-state index in [9.17, 15) is 24.5 Å². The van der Waals surface area contributed by atoms with Crippen molar-refractivity contribution in [1.29, 1.82) is 0 Å². The largest absolute Gasteiger partial charge is 0.289 e. The predicted octanol–water partition coefficient (Wildman–Crippen LogP) is 3.91. The van der Waals surface area contributed by atoms with Crippen LogP contribution in [0.4, 0.5) is 11.4 Å². The number of rotatable bonds is 5. The van der Waals surface area contributed by atoms with Crippen molar-refractivity contribution < 1.29 is 19.3 Å². The highest BCUT2D eigenvalue weighted by Gasteiger charge is 2.67. The van der Waals surface area contributed by atoms with Crippen molar-refractivity contribution >= 4 is 40.7 Å². The predicted molar refractivity (Wildman–Crippen MR) is 123 cm³/mol. The Labute approximate surface area is 199 Å². The van der Waals surface area contributed by atoms with E-state index >= 15 is 0 Å². The Kier molecular flexibility index (Phi) is 4.64. The molecule has 1 aliphatic heterocycles. The summed E-state index contributed by atoms with van der Waals surface area (Å²) in [4.78, 5) is 53.9. The molecule has 3 amide bonds. The third kappa shape index (κ3) is 3.01. The van der Waals surface area contributed by atoms with Crippen LogP contribution in [0.15, 0.2) is 60.7 Å². The van der Waals surface area contributed by atoms with Gasteiger partial charge in [0.05, 0.1) is 16.8 Å². The van der Waals surface area contributed by atoms with E-state index in [-0.39, 0.29) is 41.6 Å². The lowest BCUT2D eigenvalue weighted by Gasteiger charge is -2.37. The fourth-order valence-electron chi connectivity index (χ4n) is 6.17. The van der Waals surface area contributed by atoms with Crippen LogP contribution in [-0.2, 0) is 9.59 Å². The zero-order chi connectivity index (χ0) is 23.7. The first-order valence-electron chi connectivity index (χ1n) is 11.2. The molecule has 34 heavy (non-hydrogen) atoms. The van der Waals surface area contributed by atoms with Gasteiger partial charge in [-0.05, 0) is 54.4 Å². The first-order valence-corrected chi connectivity index (χ1v) is 11.6. The molecule has 172 valence electrons. The van der Waals surface area contributed by atoms with E-state index < -0.39 is 22.7 Å². The van der Waals surface area contributed by atoms with Crippen molar-refractivity contribution in [2.24, 2.45) is 35.5 Å². The monoisotopic (exact) mass is 477 g/mol. The summed E-state index contributed by atoms with van der Waals surface area (Å²) in [6.45, 7) is -0.329. The highest BCUT2D eigenvalue weighted by atomic mass is 35.5. The second kappa shape index (κ2) is 7.50. The summed E-state index contributed by atoms with van der Waals surface area (Å²) in [6, 6.07) is 12.1. The lowest BCUT2D eigenvalue weighted by molar-refractivity contribution is -0.385. The van der Waals surface area contributed by atoms with Crippen molar-refractivity contribution in [3.05, 3.63) is 81.4 Å². The van der Waals surface area contributed by atoms with E-state index in [0.717, 1.165) is 11.3 Å². The molecule has 0 N–H and O–H groups in total. The normalized spacial score (nSPS) is 30.2. The number of nitro benzene ring substituents is 1. The van der Waals surface area contributed by atoms with Crippen molar-refractivity contribution in [1.82, 2.24) is 4.90 Å². The van der Waals surface area contributed by atoms with Crippen LogP contribution in [0, 0.1) is 45.6 Å². The zero-order valence-electron chi connectivity index (χ0n) is 17.9. The van der Waals surface area contributed by atoms with Gasteiger partial charge in [0.15, 0.2) is 0 Å². The molecular weight excluding hydrogens is 458 g/mol. The molecule has 1 heterocycles. The number of anilines is 1. The topological polar surface area (TPSA) is 101 Å². The zero-order valence-corrected chi connectivity index (χ0v) is 18.7.